The van der Waals surface area contributed by atoms with E-state index in [-0.39, 0.29) is 16.8 Å². The number of rotatable bonds is 6. The normalized spacial score (nSPS) is 12.1. The van der Waals surface area contributed by atoms with Crippen molar-refractivity contribution in [3.63, 3.8) is 0 Å². The number of hydrogen-bond donors (Lipinski definition) is 3. The van der Waals surface area contributed by atoms with E-state index in [9.17, 15) is 19.1 Å². The Morgan fingerprint density at radius 1 is 1.30 bits per heavy atom. The van der Waals surface area contributed by atoms with Crippen molar-refractivity contribution >= 4 is 34.4 Å². The van der Waals surface area contributed by atoms with Gasteiger partial charge >= 0.3 is 5.97 Å². The van der Waals surface area contributed by atoms with Gasteiger partial charge in [0.1, 0.15) is 17.3 Å². The lowest BCUT2D eigenvalue weighted by Gasteiger charge is -2.18. The van der Waals surface area contributed by atoms with Gasteiger partial charge in [0.25, 0.3) is 5.91 Å². The summed E-state index contributed by atoms with van der Waals surface area (Å²) < 4.78 is 21.3. The van der Waals surface area contributed by atoms with E-state index in [0.29, 0.717) is 21.7 Å². The van der Waals surface area contributed by atoms with Crippen LogP contribution in [0.4, 0.5) is 4.39 Å². The van der Waals surface area contributed by atoms with Crippen LogP contribution in [0.3, 0.4) is 0 Å². The van der Waals surface area contributed by atoms with Gasteiger partial charge in [-0.2, -0.15) is 0 Å². The van der Waals surface area contributed by atoms with Gasteiger partial charge in [-0.15, -0.1) is 0 Å². The molecule has 0 spiro atoms. The van der Waals surface area contributed by atoms with Crippen LogP contribution in [0, 0.1) is 12.7 Å². The number of carbonyl (C=O) groups is 2. The standard InChI is InChI=1S/C21H20ClFN2O5/c1-10-18(30-3)8-16-13(19(10)22)7-17(25(16)2)20(27)24-15(9-26)12-5-4-11(21(28)29)6-14(12)23/h4-8,15,26H,9H2,1-3H3,(H,24,27)(H,28,29)/t15-/m1/s1. The summed E-state index contributed by atoms with van der Waals surface area (Å²) in [6.07, 6.45) is 0. The van der Waals surface area contributed by atoms with Gasteiger partial charge in [-0.05, 0) is 25.1 Å². The number of benzene rings is 2. The number of fused-ring (bicyclic) bond motifs is 1. The molecule has 1 aromatic heterocycles. The third-order valence-corrected chi connectivity index (χ3v) is 5.53. The summed E-state index contributed by atoms with van der Waals surface area (Å²) in [6.45, 7) is 1.23. The second kappa shape index (κ2) is 8.33. The van der Waals surface area contributed by atoms with Crippen LogP contribution < -0.4 is 10.1 Å². The van der Waals surface area contributed by atoms with Crippen LogP contribution in [0.5, 0.6) is 5.75 Å². The predicted molar refractivity (Wildman–Crippen MR) is 110 cm³/mol. The van der Waals surface area contributed by atoms with E-state index in [1.54, 1.807) is 30.7 Å². The molecule has 1 amide bonds. The van der Waals surface area contributed by atoms with Crippen molar-refractivity contribution in [2.45, 2.75) is 13.0 Å². The topological polar surface area (TPSA) is 101 Å². The number of aryl methyl sites for hydroxylation is 1. The Morgan fingerprint density at radius 2 is 2.00 bits per heavy atom. The first kappa shape index (κ1) is 21.6. The quantitative estimate of drug-likeness (QED) is 0.551. The Morgan fingerprint density at radius 3 is 2.57 bits per heavy atom. The Hall–Kier alpha value is -3.10. The molecule has 0 fully saturated rings. The van der Waals surface area contributed by atoms with Gasteiger partial charge in [-0.3, -0.25) is 4.79 Å². The summed E-state index contributed by atoms with van der Waals surface area (Å²) in [5.41, 5.74) is 1.40. The molecule has 7 nitrogen and oxygen atoms in total. The number of aliphatic hydroxyl groups is 1. The van der Waals surface area contributed by atoms with Crippen molar-refractivity contribution in [1.29, 1.82) is 0 Å². The van der Waals surface area contributed by atoms with Gasteiger partial charge in [-0.25, -0.2) is 9.18 Å². The fourth-order valence-electron chi connectivity index (χ4n) is 3.34. The number of carboxylic acids is 1. The summed E-state index contributed by atoms with van der Waals surface area (Å²) in [7, 11) is 3.20. The molecule has 3 N–H and O–H groups in total. The number of ether oxygens (including phenoxy) is 1. The highest BCUT2D eigenvalue weighted by Gasteiger charge is 2.23. The molecule has 0 unspecified atom stereocenters. The molecule has 1 heterocycles. The lowest BCUT2D eigenvalue weighted by Crippen LogP contribution is -2.32. The zero-order valence-corrected chi connectivity index (χ0v) is 17.2. The molecule has 0 saturated heterocycles. The van der Waals surface area contributed by atoms with Crippen LogP contribution in [0.15, 0.2) is 30.3 Å². The van der Waals surface area contributed by atoms with Crippen molar-refractivity contribution in [3.05, 3.63) is 63.6 Å². The van der Waals surface area contributed by atoms with E-state index >= 15 is 0 Å². The molecular formula is C21H20ClFN2O5. The van der Waals surface area contributed by atoms with Gasteiger partial charge in [0.15, 0.2) is 0 Å². The molecular weight excluding hydrogens is 415 g/mol. The Kier molecular flexibility index (Phi) is 6.00. The van der Waals surface area contributed by atoms with E-state index in [0.717, 1.165) is 11.6 Å². The summed E-state index contributed by atoms with van der Waals surface area (Å²) in [6, 6.07) is 5.59. The SMILES string of the molecule is COc1cc2c(cc(C(=O)N[C@H](CO)c3ccc(C(=O)O)cc3F)n2C)c(Cl)c1C. The highest BCUT2D eigenvalue weighted by Crippen LogP contribution is 2.35. The minimum absolute atomic E-state index is 0.0230. The molecule has 0 saturated carbocycles. The maximum atomic E-state index is 14.4. The number of carbonyl (C=O) groups excluding carboxylic acids is 1. The van der Waals surface area contributed by atoms with Crippen LogP contribution >= 0.6 is 11.6 Å². The number of halogens is 2. The fraction of sp³-hybridized carbons (Fsp3) is 0.238. The number of hydrogen-bond acceptors (Lipinski definition) is 4. The van der Waals surface area contributed by atoms with E-state index in [1.807, 2.05) is 0 Å². The van der Waals surface area contributed by atoms with Crippen LogP contribution in [0.25, 0.3) is 10.9 Å². The number of nitrogens with one attached hydrogen (secondary N) is 1. The van der Waals surface area contributed by atoms with Gasteiger partial charge in [0, 0.05) is 29.6 Å². The summed E-state index contributed by atoms with van der Waals surface area (Å²) in [4.78, 5) is 23.9. The Labute approximate surface area is 176 Å². The van der Waals surface area contributed by atoms with Crippen LogP contribution in [-0.4, -0.2) is 40.4 Å². The number of aliphatic hydroxyl groups excluding tert-OH is 1. The second-order valence-corrected chi connectivity index (χ2v) is 7.17. The highest BCUT2D eigenvalue weighted by molar-refractivity contribution is 6.36. The molecule has 1 atom stereocenters. The maximum Gasteiger partial charge on any atom is 0.335 e. The monoisotopic (exact) mass is 434 g/mol. The third kappa shape index (κ3) is 3.71. The molecule has 0 aliphatic carbocycles. The van der Waals surface area contributed by atoms with Gasteiger partial charge in [-0.1, -0.05) is 17.7 Å². The number of carboxylic acid groups (broad SMARTS) is 1. The molecule has 0 bridgehead atoms. The van der Waals surface area contributed by atoms with E-state index in [4.69, 9.17) is 21.4 Å². The molecule has 9 heteroatoms. The number of aromatic nitrogens is 1. The number of aromatic carboxylic acids is 1. The van der Waals surface area contributed by atoms with E-state index in [1.165, 1.54) is 19.2 Å². The molecule has 2 aromatic carbocycles. The first-order chi connectivity index (χ1) is 14.2. The van der Waals surface area contributed by atoms with E-state index < -0.39 is 30.3 Å². The number of amides is 1. The molecule has 3 rings (SSSR count). The average molecular weight is 435 g/mol. The zero-order valence-electron chi connectivity index (χ0n) is 16.5. The second-order valence-electron chi connectivity index (χ2n) is 6.79. The summed E-state index contributed by atoms with van der Waals surface area (Å²) in [5.74, 6) is -2.09. The Bertz CT molecular complexity index is 1160. The lowest BCUT2D eigenvalue weighted by molar-refractivity contribution is 0.0695. The summed E-state index contributed by atoms with van der Waals surface area (Å²) in [5, 5.41) is 22.3. The van der Waals surface area contributed by atoms with Crippen molar-refractivity contribution in [2.24, 2.45) is 7.05 Å². The first-order valence-corrected chi connectivity index (χ1v) is 9.34. The molecule has 158 valence electrons. The van der Waals surface area contributed by atoms with Crippen LogP contribution in [0.2, 0.25) is 5.02 Å². The van der Waals surface area contributed by atoms with E-state index in [2.05, 4.69) is 5.32 Å². The smallest absolute Gasteiger partial charge is 0.335 e. The van der Waals surface area contributed by atoms with Crippen molar-refractivity contribution in [3.8, 4) is 5.75 Å². The predicted octanol–water partition coefficient (Wildman–Crippen LogP) is 3.45. The zero-order chi connectivity index (χ0) is 22.2. The van der Waals surface area contributed by atoms with Gasteiger partial charge in [0.05, 0.1) is 35.9 Å². The van der Waals surface area contributed by atoms with Crippen molar-refractivity contribution in [2.75, 3.05) is 13.7 Å². The van der Waals surface area contributed by atoms with Crippen LogP contribution in [0.1, 0.15) is 38.0 Å². The third-order valence-electron chi connectivity index (χ3n) is 5.05. The maximum absolute atomic E-state index is 14.4. The molecule has 0 radical (unpaired) electrons. The minimum atomic E-state index is -1.27. The minimum Gasteiger partial charge on any atom is -0.496 e. The number of methoxy groups -OCH3 is 1. The van der Waals surface area contributed by atoms with Gasteiger partial charge < -0.3 is 24.8 Å². The van der Waals surface area contributed by atoms with Crippen LogP contribution in [-0.2, 0) is 7.05 Å². The molecule has 3 aromatic rings. The van der Waals surface area contributed by atoms with Crippen molar-refractivity contribution < 1.29 is 28.9 Å². The Balaban J connectivity index is 1.96. The largest absolute Gasteiger partial charge is 0.496 e. The molecule has 0 aliphatic rings. The fourth-order valence-corrected chi connectivity index (χ4v) is 3.58. The summed E-state index contributed by atoms with van der Waals surface area (Å²) >= 11 is 6.43. The number of nitrogens with zero attached hydrogens (tertiary/aromatic N) is 1. The highest BCUT2D eigenvalue weighted by atomic mass is 35.5. The van der Waals surface area contributed by atoms with Gasteiger partial charge in [0.2, 0.25) is 0 Å². The molecule has 30 heavy (non-hydrogen) atoms. The molecule has 0 aliphatic heterocycles. The first-order valence-electron chi connectivity index (χ1n) is 8.96. The van der Waals surface area contributed by atoms with Crippen molar-refractivity contribution in [1.82, 2.24) is 9.88 Å². The lowest BCUT2D eigenvalue weighted by atomic mass is 10.0. The average Bonchev–Trinajstić information content (AvgIpc) is 3.05.